The van der Waals surface area contributed by atoms with Crippen molar-refractivity contribution in [2.24, 2.45) is 0 Å². The Morgan fingerprint density at radius 3 is 2.92 bits per heavy atom. The fourth-order valence-electron chi connectivity index (χ4n) is 1.47. The molecule has 0 aromatic heterocycles. The Balaban J connectivity index is 2.47. The van der Waals surface area contributed by atoms with Crippen molar-refractivity contribution in [2.45, 2.75) is 6.42 Å². The highest BCUT2D eigenvalue weighted by molar-refractivity contribution is 7.80. The van der Waals surface area contributed by atoms with E-state index in [0.29, 0.717) is 12.3 Å². The van der Waals surface area contributed by atoms with Crippen LogP contribution in [-0.2, 0) is 11.2 Å². The van der Waals surface area contributed by atoms with Crippen LogP contribution in [0.4, 0.5) is 5.69 Å². The normalized spacial score (nSPS) is 15.1. The van der Waals surface area contributed by atoms with Crippen molar-refractivity contribution < 1.29 is 4.79 Å². The molecule has 0 fully saturated rings. The van der Waals surface area contributed by atoms with Crippen molar-refractivity contribution in [3.05, 3.63) is 29.8 Å². The summed E-state index contributed by atoms with van der Waals surface area (Å²) in [6, 6.07) is 7.83. The predicted molar refractivity (Wildman–Crippen MR) is 51.5 cm³/mol. The van der Waals surface area contributed by atoms with Crippen LogP contribution in [0.15, 0.2) is 24.3 Å². The van der Waals surface area contributed by atoms with E-state index < -0.39 is 0 Å². The Bertz CT molecular complexity index is 324. The number of carbonyl (C=O) groups excluding carboxylic acids is 1. The van der Waals surface area contributed by atoms with E-state index in [0.717, 1.165) is 11.3 Å². The Hall–Kier alpha value is -0.960. The molecule has 0 aliphatic carbocycles. The Kier molecular flexibility index (Phi) is 1.81. The van der Waals surface area contributed by atoms with Gasteiger partial charge in [-0.25, -0.2) is 0 Å². The van der Waals surface area contributed by atoms with E-state index in [1.54, 1.807) is 4.90 Å². The number of benzene rings is 1. The van der Waals surface area contributed by atoms with Gasteiger partial charge in [0.2, 0.25) is 5.91 Å². The van der Waals surface area contributed by atoms with Gasteiger partial charge in [-0.3, -0.25) is 4.79 Å². The van der Waals surface area contributed by atoms with E-state index in [-0.39, 0.29) is 5.91 Å². The van der Waals surface area contributed by atoms with Crippen molar-refractivity contribution in [1.29, 1.82) is 0 Å². The zero-order valence-corrected chi connectivity index (χ0v) is 7.42. The van der Waals surface area contributed by atoms with Gasteiger partial charge in [-0.2, -0.15) is 12.6 Å². The number of carbonyl (C=O) groups is 1. The van der Waals surface area contributed by atoms with Crippen LogP contribution in [-0.4, -0.2) is 11.8 Å². The Morgan fingerprint density at radius 1 is 1.42 bits per heavy atom. The molecule has 1 aliphatic rings. The van der Waals surface area contributed by atoms with Gasteiger partial charge in [-0.15, -0.1) is 0 Å². The maximum absolute atomic E-state index is 11.3. The number of amides is 1. The molecule has 1 aromatic carbocycles. The number of hydrogen-bond acceptors (Lipinski definition) is 2. The first-order valence-electron chi connectivity index (χ1n) is 3.82. The van der Waals surface area contributed by atoms with E-state index in [1.165, 1.54) is 0 Å². The van der Waals surface area contributed by atoms with Crippen LogP contribution in [0, 0.1) is 0 Å². The molecule has 0 bridgehead atoms. The Morgan fingerprint density at radius 2 is 2.17 bits per heavy atom. The third-order valence-corrected chi connectivity index (χ3v) is 2.35. The molecule has 12 heavy (non-hydrogen) atoms. The smallest absolute Gasteiger partial charge is 0.232 e. The van der Waals surface area contributed by atoms with Gasteiger partial charge in [-0.05, 0) is 11.6 Å². The van der Waals surface area contributed by atoms with E-state index in [1.807, 2.05) is 24.3 Å². The lowest BCUT2D eigenvalue weighted by Gasteiger charge is -2.12. The molecule has 2 nitrogen and oxygen atoms in total. The molecule has 0 saturated carbocycles. The molecular formula is C9H9NOS. The molecule has 0 atom stereocenters. The summed E-state index contributed by atoms with van der Waals surface area (Å²) in [5.74, 6) is 0.613. The zero-order valence-electron chi connectivity index (χ0n) is 6.53. The molecule has 62 valence electrons. The molecule has 3 heteroatoms. The second-order valence-corrected chi connectivity index (χ2v) is 3.05. The van der Waals surface area contributed by atoms with Gasteiger partial charge in [-0.1, -0.05) is 18.2 Å². The summed E-state index contributed by atoms with van der Waals surface area (Å²) in [7, 11) is 0. The fourth-order valence-corrected chi connectivity index (χ4v) is 1.78. The van der Waals surface area contributed by atoms with Crippen molar-refractivity contribution in [1.82, 2.24) is 0 Å². The molecule has 0 unspecified atom stereocenters. The minimum absolute atomic E-state index is 0.145. The van der Waals surface area contributed by atoms with Gasteiger partial charge in [0.15, 0.2) is 0 Å². The van der Waals surface area contributed by atoms with Crippen molar-refractivity contribution in [2.75, 3.05) is 10.8 Å². The van der Waals surface area contributed by atoms with Crippen LogP contribution in [0.5, 0.6) is 0 Å². The summed E-state index contributed by atoms with van der Waals surface area (Å²) in [6.45, 7) is 0. The Labute approximate surface area is 76.6 Å². The van der Waals surface area contributed by atoms with Gasteiger partial charge < -0.3 is 4.90 Å². The number of para-hydroxylation sites is 1. The first kappa shape index (κ1) is 7.68. The monoisotopic (exact) mass is 179 g/mol. The number of fused-ring (bicyclic) bond motifs is 1. The summed E-state index contributed by atoms with van der Waals surface area (Å²) in [6.07, 6.45) is 0.525. The molecule has 0 spiro atoms. The fraction of sp³-hybridized carbons (Fsp3) is 0.222. The zero-order chi connectivity index (χ0) is 8.55. The topological polar surface area (TPSA) is 20.3 Å². The van der Waals surface area contributed by atoms with E-state index >= 15 is 0 Å². The molecular weight excluding hydrogens is 170 g/mol. The molecule has 1 aliphatic heterocycles. The number of rotatable bonds is 1. The maximum atomic E-state index is 11.3. The second-order valence-electron chi connectivity index (χ2n) is 2.77. The minimum Gasteiger partial charge on any atom is -0.302 e. The molecule has 0 N–H and O–H groups in total. The van der Waals surface area contributed by atoms with Crippen LogP contribution in [0.1, 0.15) is 5.56 Å². The quantitative estimate of drug-likeness (QED) is 0.647. The highest BCUT2D eigenvalue weighted by atomic mass is 32.1. The first-order chi connectivity index (χ1) is 5.83. The highest BCUT2D eigenvalue weighted by Crippen LogP contribution is 2.28. The predicted octanol–water partition coefficient (Wildman–Crippen LogP) is 1.46. The first-order valence-corrected chi connectivity index (χ1v) is 4.45. The summed E-state index contributed by atoms with van der Waals surface area (Å²) in [4.78, 5) is 13.0. The summed E-state index contributed by atoms with van der Waals surface area (Å²) in [5, 5.41) is 0. The highest BCUT2D eigenvalue weighted by Gasteiger charge is 2.24. The van der Waals surface area contributed by atoms with Crippen LogP contribution >= 0.6 is 12.6 Å². The molecule has 0 radical (unpaired) electrons. The van der Waals surface area contributed by atoms with Gasteiger partial charge in [0.05, 0.1) is 12.3 Å². The summed E-state index contributed by atoms with van der Waals surface area (Å²) in [5.41, 5.74) is 2.12. The van der Waals surface area contributed by atoms with Crippen molar-refractivity contribution in [3.8, 4) is 0 Å². The van der Waals surface area contributed by atoms with E-state index in [4.69, 9.17) is 0 Å². The van der Waals surface area contributed by atoms with Gasteiger partial charge in [0.1, 0.15) is 0 Å². The number of thiol groups is 1. The van der Waals surface area contributed by atoms with Crippen molar-refractivity contribution in [3.63, 3.8) is 0 Å². The van der Waals surface area contributed by atoms with Gasteiger partial charge in [0.25, 0.3) is 0 Å². The van der Waals surface area contributed by atoms with Crippen LogP contribution < -0.4 is 4.90 Å². The van der Waals surface area contributed by atoms with Crippen LogP contribution in [0.3, 0.4) is 0 Å². The molecule has 1 heterocycles. The lowest BCUT2D eigenvalue weighted by molar-refractivity contribution is -0.117. The minimum atomic E-state index is 0.145. The van der Waals surface area contributed by atoms with Crippen LogP contribution in [0.2, 0.25) is 0 Å². The molecule has 0 saturated heterocycles. The van der Waals surface area contributed by atoms with Gasteiger partial charge >= 0.3 is 0 Å². The largest absolute Gasteiger partial charge is 0.302 e. The second kappa shape index (κ2) is 2.83. The summed E-state index contributed by atoms with van der Waals surface area (Å²) < 4.78 is 0. The average molecular weight is 179 g/mol. The van der Waals surface area contributed by atoms with E-state index in [9.17, 15) is 4.79 Å². The molecule has 1 amide bonds. The number of hydrogen-bond donors (Lipinski definition) is 1. The standard InChI is InChI=1S/C9H9NOS/c11-9-5-7-3-1-2-4-8(7)10(9)6-12/h1-4,12H,5-6H2. The number of anilines is 1. The number of nitrogens with zero attached hydrogens (tertiary/aromatic N) is 1. The summed E-state index contributed by atoms with van der Waals surface area (Å²) >= 11 is 4.10. The van der Waals surface area contributed by atoms with Crippen molar-refractivity contribution >= 4 is 24.2 Å². The maximum Gasteiger partial charge on any atom is 0.232 e. The average Bonchev–Trinajstić information content (AvgIpc) is 2.40. The lowest BCUT2D eigenvalue weighted by Crippen LogP contribution is -2.24. The SMILES string of the molecule is O=C1Cc2ccccc2N1CS. The molecule has 1 aromatic rings. The molecule has 2 rings (SSSR count). The lowest BCUT2D eigenvalue weighted by atomic mass is 10.2. The third kappa shape index (κ3) is 1.01. The van der Waals surface area contributed by atoms with Gasteiger partial charge in [0, 0.05) is 5.69 Å². The van der Waals surface area contributed by atoms with Crippen LogP contribution in [0.25, 0.3) is 0 Å². The third-order valence-electron chi connectivity index (χ3n) is 2.07. The van der Waals surface area contributed by atoms with E-state index in [2.05, 4.69) is 12.6 Å².